The van der Waals surface area contributed by atoms with Crippen molar-refractivity contribution in [3.8, 4) is 0 Å². The smallest absolute Gasteiger partial charge is 0.233 e. The number of rotatable bonds is 5. The molecule has 0 spiro atoms. The molecule has 0 fully saturated rings. The first kappa shape index (κ1) is 19.6. The van der Waals surface area contributed by atoms with Crippen LogP contribution < -0.4 is 21.5 Å². The van der Waals surface area contributed by atoms with Crippen LogP contribution in [0, 0.1) is 5.92 Å². The van der Waals surface area contributed by atoms with Gasteiger partial charge in [0.05, 0.1) is 5.92 Å². The van der Waals surface area contributed by atoms with Gasteiger partial charge in [0.25, 0.3) is 0 Å². The van der Waals surface area contributed by atoms with Gasteiger partial charge in [-0.3, -0.25) is 9.78 Å². The summed E-state index contributed by atoms with van der Waals surface area (Å²) in [6.07, 6.45) is 17.5. The summed E-state index contributed by atoms with van der Waals surface area (Å²) >= 11 is 0. The second-order valence-electron chi connectivity index (χ2n) is 6.36. The molecule has 4 heteroatoms. The Morgan fingerprint density at radius 3 is 2.96 bits per heavy atom. The van der Waals surface area contributed by atoms with Crippen LogP contribution in [0.2, 0.25) is 0 Å². The number of carbonyl (C=O) groups excluding carboxylic acids is 1. The van der Waals surface area contributed by atoms with Crippen LogP contribution in [-0.2, 0) is 4.79 Å². The molecule has 0 saturated heterocycles. The number of aromatic nitrogens is 1. The molecule has 1 aliphatic rings. The third-order valence-electron chi connectivity index (χ3n) is 4.34. The zero-order valence-electron chi connectivity index (χ0n) is 15.5. The standard InChI is InChI=1S/C22H27N3O/c1-4-18-15-24-12-11-20(18)13-17(3)25-22(26)21(14-23)19-8-6-5-7-16(2)9-10-19/h4,6,8-13,15,21H,3,5,7,14,23H2,1-2H3,(H,25,26)/b8-6-,16-9-,18-4-,19-10+,20-13-/t21-/m1/s1. The number of carbonyl (C=O) groups is 1. The first-order valence-corrected chi connectivity index (χ1v) is 8.87. The van der Waals surface area contributed by atoms with Crippen molar-refractivity contribution in [2.24, 2.45) is 11.7 Å². The number of nitrogens with zero attached hydrogens (tertiary/aromatic N) is 1. The number of nitrogens with two attached hydrogens (primary N) is 1. The average Bonchev–Trinajstić information content (AvgIpc) is 2.61. The fraction of sp³-hybridized carbons (Fsp3) is 0.273. The Labute approximate surface area is 155 Å². The Morgan fingerprint density at radius 1 is 1.42 bits per heavy atom. The highest BCUT2D eigenvalue weighted by molar-refractivity contribution is 5.85. The zero-order valence-corrected chi connectivity index (χ0v) is 15.5. The fourth-order valence-corrected chi connectivity index (χ4v) is 2.79. The maximum Gasteiger partial charge on any atom is 0.233 e. The number of amides is 1. The van der Waals surface area contributed by atoms with Crippen LogP contribution in [0.3, 0.4) is 0 Å². The van der Waals surface area contributed by atoms with E-state index in [1.165, 1.54) is 5.57 Å². The first-order chi connectivity index (χ1) is 12.5. The Balaban J connectivity index is 2.20. The van der Waals surface area contributed by atoms with E-state index in [2.05, 4.69) is 36.0 Å². The minimum atomic E-state index is -0.409. The van der Waals surface area contributed by atoms with E-state index in [9.17, 15) is 4.79 Å². The van der Waals surface area contributed by atoms with Crippen molar-refractivity contribution in [3.05, 3.63) is 76.6 Å². The fourth-order valence-electron chi connectivity index (χ4n) is 2.79. The predicted molar refractivity (Wildman–Crippen MR) is 108 cm³/mol. The number of hydrogen-bond donors (Lipinski definition) is 2. The van der Waals surface area contributed by atoms with E-state index < -0.39 is 5.92 Å². The van der Waals surface area contributed by atoms with Gasteiger partial charge >= 0.3 is 0 Å². The van der Waals surface area contributed by atoms with E-state index in [1.54, 1.807) is 12.4 Å². The van der Waals surface area contributed by atoms with E-state index >= 15 is 0 Å². The maximum atomic E-state index is 12.7. The van der Waals surface area contributed by atoms with Crippen molar-refractivity contribution in [2.45, 2.75) is 26.7 Å². The minimum absolute atomic E-state index is 0.146. The van der Waals surface area contributed by atoms with Crippen LogP contribution >= 0.6 is 0 Å². The lowest BCUT2D eigenvalue weighted by molar-refractivity contribution is -0.122. The van der Waals surface area contributed by atoms with Crippen molar-refractivity contribution in [3.63, 3.8) is 0 Å². The van der Waals surface area contributed by atoms with Crippen LogP contribution in [0.4, 0.5) is 0 Å². The van der Waals surface area contributed by atoms with Gasteiger partial charge in [-0.1, -0.05) is 42.5 Å². The van der Waals surface area contributed by atoms with E-state index in [4.69, 9.17) is 5.73 Å². The average molecular weight is 349 g/mol. The molecule has 0 bridgehead atoms. The zero-order chi connectivity index (χ0) is 18.9. The Kier molecular flexibility index (Phi) is 7.30. The summed E-state index contributed by atoms with van der Waals surface area (Å²) in [4.78, 5) is 16.8. The Morgan fingerprint density at radius 2 is 2.23 bits per heavy atom. The van der Waals surface area contributed by atoms with Crippen LogP contribution in [0.25, 0.3) is 12.2 Å². The topological polar surface area (TPSA) is 68.0 Å². The van der Waals surface area contributed by atoms with Gasteiger partial charge in [0.2, 0.25) is 5.91 Å². The number of pyridine rings is 1. The van der Waals surface area contributed by atoms with Gasteiger partial charge < -0.3 is 11.1 Å². The van der Waals surface area contributed by atoms with Gasteiger partial charge in [-0.2, -0.15) is 0 Å². The van der Waals surface area contributed by atoms with Crippen molar-refractivity contribution in [2.75, 3.05) is 6.54 Å². The third-order valence-corrected chi connectivity index (χ3v) is 4.34. The summed E-state index contributed by atoms with van der Waals surface area (Å²) < 4.78 is 0. The molecule has 1 aromatic rings. The molecule has 1 atom stereocenters. The number of nitrogens with one attached hydrogen (secondary N) is 1. The van der Waals surface area contributed by atoms with Gasteiger partial charge in [0, 0.05) is 24.6 Å². The molecule has 1 heterocycles. The molecule has 2 rings (SSSR count). The highest BCUT2D eigenvalue weighted by Crippen LogP contribution is 2.18. The van der Waals surface area contributed by atoms with E-state index in [0.29, 0.717) is 5.70 Å². The largest absolute Gasteiger partial charge is 0.329 e. The second kappa shape index (κ2) is 9.68. The molecular weight excluding hydrogens is 322 g/mol. The van der Waals surface area contributed by atoms with Crippen molar-refractivity contribution >= 4 is 18.1 Å². The van der Waals surface area contributed by atoms with E-state index in [-0.39, 0.29) is 12.5 Å². The van der Waals surface area contributed by atoms with E-state index in [1.807, 2.05) is 37.3 Å². The highest BCUT2D eigenvalue weighted by atomic mass is 16.1. The molecule has 0 unspecified atom stereocenters. The molecule has 136 valence electrons. The van der Waals surface area contributed by atoms with Crippen LogP contribution in [0.5, 0.6) is 0 Å². The van der Waals surface area contributed by atoms with Gasteiger partial charge in [-0.15, -0.1) is 0 Å². The SMILES string of the molecule is C=C(/C=c1/ccnc/c1=C/C)NC(=O)[C@H](CN)C1=C/C=C(/C)CC/C=C\1. The molecule has 0 aliphatic heterocycles. The summed E-state index contributed by atoms with van der Waals surface area (Å²) in [6.45, 7) is 8.25. The van der Waals surface area contributed by atoms with E-state index in [0.717, 1.165) is 28.9 Å². The monoisotopic (exact) mass is 349 g/mol. The predicted octanol–water partition coefficient (Wildman–Crippen LogP) is 2.09. The molecule has 0 aromatic carbocycles. The van der Waals surface area contributed by atoms with Crippen LogP contribution in [-0.4, -0.2) is 17.4 Å². The summed E-state index contributed by atoms with van der Waals surface area (Å²) in [5.41, 5.74) is 8.64. The highest BCUT2D eigenvalue weighted by Gasteiger charge is 2.20. The van der Waals surface area contributed by atoms with Gasteiger partial charge in [-0.05, 0) is 54.8 Å². The summed E-state index contributed by atoms with van der Waals surface area (Å²) in [5, 5.41) is 4.83. The van der Waals surface area contributed by atoms with Crippen molar-refractivity contribution in [1.82, 2.24) is 10.3 Å². The molecule has 0 radical (unpaired) electrons. The Bertz CT molecular complexity index is 875. The number of hydrogen-bond acceptors (Lipinski definition) is 3. The lowest BCUT2D eigenvalue weighted by Crippen LogP contribution is -2.35. The van der Waals surface area contributed by atoms with Gasteiger partial charge in [-0.25, -0.2) is 0 Å². The lowest BCUT2D eigenvalue weighted by atomic mass is 9.94. The second-order valence-corrected chi connectivity index (χ2v) is 6.36. The van der Waals surface area contributed by atoms with Crippen LogP contribution in [0.15, 0.2) is 66.2 Å². The normalized spacial score (nSPS) is 22.3. The molecule has 1 aromatic heterocycles. The quantitative estimate of drug-likeness (QED) is 0.855. The summed E-state index contributed by atoms with van der Waals surface area (Å²) in [7, 11) is 0. The minimum Gasteiger partial charge on any atom is -0.329 e. The van der Waals surface area contributed by atoms with Crippen LogP contribution in [0.1, 0.15) is 26.7 Å². The van der Waals surface area contributed by atoms with Crippen molar-refractivity contribution in [1.29, 1.82) is 0 Å². The molecule has 26 heavy (non-hydrogen) atoms. The van der Waals surface area contributed by atoms with Gasteiger partial charge in [0.15, 0.2) is 0 Å². The molecule has 1 amide bonds. The third kappa shape index (κ3) is 5.39. The summed E-state index contributed by atoms with van der Waals surface area (Å²) in [6, 6.07) is 1.89. The maximum absolute atomic E-state index is 12.7. The first-order valence-electron chi connectivity index (χ1n) is 8.87. The Hall–Kier alpha value is -2.72. The molecule has 0 saturated carbocycles. The molecule has 3 N–H and O–H groups in total. The summed E-state index contributed by atoms with van der Waals surface area (Å²) in [5.74, 6) is -0.555. The molecular formula is C22H27N3O. The molecule has 1 aliphatic carbocycles. The van der Waals surface area contributed by atoms with Crippen molar-refractivity contribution < 1.29 is 4.79 Å². The number of allylic oxidation sites excluding steroid dienone is 6. The lowest BCUT2D eigenvalue weighted by Gasteiger charge is -2.17. The molecule has 4 nitrogen and oxygen atoms in total. The van der Waals surface area contributed by atoms with Gasteiger partial charge in [0.1, 0.15) is 0 Å².